The number of rotatable bonds is 5. The van der Waals surface area contributed by atoms with E-state index in [9.17, 15) is 4.79 Å². The van der Waals surface area contributed by atoms with Crippen LogP contribution in [-0.4, -0.2) is 37.6 Å². The number of amides is 1. The zero-order valence-electron chi connectivity index (χ0n) is 12.4. The third-order valence-electron chi connectivity index (χ3n) is 3.77. The highest BCUT2D eigenvalue weighted by molar-refractivity contribution is 5.90. The molecule has 1 heterocycles. The lowest BCUT2D eigenvalue weighted by Gasteiger charge is -2.30. The summed E-state index contributed by atoms with van der Waals surface area (Å²) in [5.41, 5.74) is 0.822. The first-order valence-electron chi connectivity index (χ1n) is 7.33. The summed E-state index contributed by atoms with van der Waals surface area (Å²) in [5.74, 6) is 1.63. The maximum atomic E-state index is 11.9. The van der Waals surface area contributed by atoms with Crippen LogP contribution in [0.4, 0.5) is 5.69 Å². The Bertz CT molecular complexity index is 431. The van der Waals surface area contributed by atoms with Crippen molar-refractivity contribution < 1.29 is 9.53 Å². The number of benzene rings is 1. The van der Waals surface area contributed by atoms with Crippen molar-refractivity contribution in [2.75, 3.05) is 32.1 Å². The fraction of sp³-hybridized carbons (Fsp3) is 0.562. The second kappa shape index (κ2) is 7.29. The van der Waals surface area contributed by atoms with Crippen LogP contribution >= 0.6 is 0 Å². The molecule has 20 heavy (non-hydrogen) atoms. The van der Waals surface area contributed by atoms with Gasteiger partial charge in [0, 0.05) is 25.2 Å². The molecule has 1 aromatic carbocycles. The van der Waals surface area contributed by atoms with E-state index in [2.05, 4.69) is 17.1 Å². The van der Waals surface area contributed by atoms with Crippen molar-refractivity contribution in [1.82, 2.24) is 4.90 Å². The van der Waals surface area contributed by atoms with E-state index in [1.807, 2.05) is 24.3 Å². The Morgan fingerprint density at radius 2 is 2.15 bits per heavy atom. The molecule has 1 aromatic rings. The summed E-state index contributed by atoms with van der Waals surface area (Å²) in [7, 11) is 1.63. The predicted molar refractivity (Wildman–Crippen MR) is 81.1 cm³/mol. The number of carbonyl (C=O) groups excluding carboxylic acids is 1. The van der Waals surface area contributed by atoms with Gasteiger partial charge in [-0.25, -0.2) is 0 Å². The lowest BCUT2D eigenvalue weighted by molar-refractivity contribution is -0.116. The zero-order chi connectivity index (χ0) is 14.4. The van der Waals surface area contributed by atoms with Crippen LogP contribution in [0.3, 0.4) is 0 Å². The summed E-state index contributed by atoms with van der Waals surface area (Å²) in [6.07, 6.45) is 3.12. The highest BCUT2D eigenvalue weighted by Crippen LogP contribution is 2.17. The molecule has 1 saturated heterocycles. The fourth-order valence-corrected chi connectivity index (χ4v) is 2.65. The zero-order valence-corrected chi connectivity index (χ0v) is 12.4. The Morgan fingerprint density at radius 1 is 1.40 bits per heavy atom. The highest BCUT2D eigenvalue weighted by atomic mass is 16.5. The average Bonchev–Trinajstić information content (AvgIpc) is 2.46. The molecular formula is C16H24N2O2. The van der Waals surface area contributed by atoms with E-state index < -0.39 is 0 Å². The van der Waals surface area contributed by atoms with Crippen molar-refractivity contribution in [3.05, 3.63) is 24.3 Å². The minimum absolute atomic E-state index is 0.0772. The Balaban J connectivity index is 1.74. The molecule has 0 radical (unpaired) electrons. The van der Waals surface area contributed by atoms with Gasteiger partial charge in [0.15, 0.2) is 0 Å². The van der Waals surface area contributed by atoms with Crippen molar-refractivity contribution in [3.8, 4) is 5.75 Å². The van der Waals surface area contributed by atoms with Crippen molar-refractivity contribution in [1.29, 1.82) is 0 Å². The van der Waals surface area contributed by atoms with Gasteiger partial charge in [0.25, 0.3) is 0 Å². The molecule has 0 unspecified atom stereocenters. The standard InChI is InChI=1S/C16H24N2O2/c1-13-4-3-10-18(12-13)11-9-16(19)17-14-5-7-15(20-2)8-6-14/h5-8,13H,3-4,9-12H2,1-2H3,(H,17,19)/t13-/m1/s1. The molecule has 2 rings (SSSR count). The Morgan fingerprint density at radius 3 is 2.80 bits per heavy atom. The summed E-state index contributed by atoms with van der Waals surface area (Å²) in [6, 6.07) is 7.42. The summed E-state index contributed by atoms with van der Waals surface area (Å²) < 4.78 is 5.09. The number of methoxy groups -OCH3 is 1. The van der Waals surface area contributed by atoms with Crippen molar-refractivity contribution in [3.63, 3.8) is 0 Å². The molecule has 0 aromatic heterocycles. The molecule has 1 atom stereocenters. The molecular weight excluding hydrogens is 252 g/mol. The smallest absolute Gasteiger partial charge is 0.225 e. The van der Waals surface area contributed by atoms with Crippen molar-refractivity contribution >= 4 is 11.6 Å². The molecule has 1 amide bonds. The van der Waals surface area contributed by atoms with Crippen LogP contribution in [0, 0.1) is 5.92 Å². The predicted octanol–water partition coefficient (Wildman–Crippen LogP) is 2.76. The van der Waals surface area contributed by atoms with E-state index in [0.717, 1.165) is 37.0 Å². The summed E-state index contributed by atoms with van der Waals surface area (Å²) in [4.78, 5) is 14.3. The van der Waals surface area contributed by atoms with E-state index >= 15 is 0 Å². The van der Waals surface area contributed by atoms with Crippen LogP contribution < -0.4 is 10.1 Å². The number of ether oxygens (including phenoxy) is 1. The average molecular weight is 276 g/mol. The van der Waals surface area contributed by atoms with Gasteiger partial charge in [-0.2, -0.15) is 0 Å². The highest BCUT2D eigenvalue weighted by Gasteiger charge is 2.16. The fourth-order valence-electron chi connectivity index (χ4n) is 2.65. The maximum Gasteiger partial charge on any atom is 0.225 e. The molecule has 4 heteroatoms. The third-order valence-corrected chi connectivity index (χ3v) is 3.77. The van der Waals surface area contributed by atoms with Gasteiger partial charge in [-0.1, -0.05) is 6.92 Å². The number of piperidine rings is 1. The van der Waals surface area contributed by atoms with Gasteiger partial charge in [-0.3, -0.25) is 4.79 Å². The van der Waals surface area contributed by atoms with Gasteiger partial charge >= 0.3 is 0 Å². The molecule has 110 valence electrons. The second-order valence-corrected chi connectivity index (χ2v) is 5.57. The normalized spacial score (nSPS) is 19.6. The van der Waals surface area contributed by atoms with E-state index in [0.29, 0.717) is 6.42 Å². The Kier molecular flexibility index (Phi) is 5.41. The van der Waals surface area contributed by atoms with Gasteiger partial charge in [0.1, 0.15) is 5.75 Å². The molecule has 1 aliphatic rings. The minimum atomic E-state index is 0.0772. The van der Waals surface area contributed by atoms with Gasteiger partial charge in [0.05, 0.1) is 7.11 Å². The van der Waals surface area contributed by atoms with Gasteiger partial charge in [-0.05, 0) is 49.6 Å². The number of hydrogen-bond acceptors (Lipinski definition) is 3. The van der Waals surface area contributed by atoms with Crippen molar-refractivity contribution in [2.45, 2.75) is 26.2 Å². The van der Waals surface area contributed by atoms with E-state index in [1.54, 1.807) is 7.11 Å². The van der Waals surface area contributed by atoms with Crippen LogP contribution in [0.2, 0.25) is 0 Å². The van der Waals surface area contributed by atoms with Crippen molar-refractivity contribution in [2.24, 2.45) is 5.92 Å². The third kappa shape index (κ3) is 4.53. The second-order valence-electron chi connectivity index (χ2n) is 5.57. The first kappa shape index (κ1) is 14.9. The Hall–Kier alpha value is -1.55. The van der Waals surface area contributed by atoms with Gasteiger partial charge in [0.2, 0.25) is 5.91 Å². The molecule has 0 bridgehead atoms. The molecule has 1 aliphatic heterocycles. The first-order chi connectivity index (χ1) is 9.67. The lowest BCUT2D eigenvalue weighted by atomic mass is 10.0. The van der Waals surface area contributed by atoms with Crippen LogP contribution in [0.1, 0.15) is 26.2 Å². The maximum absolute atomic E-state index is 11.9. The molecule has 0 spiro atoms. The summed E-state index contributed by atoms with van der Waals surface area (Å²) in [6.45, 7) is 5.38. The van der Waals surface area contributed by atoms with Gasteiger partial charge < -0.3 is 15.0 Å². The molecule has 0 saturated carbocycles. The van der Waals surface area contributed by atoms with E-state index in [4.69, 9.17) is 4.74 Å². The number of carbonyl (C=O) groups is 1. The van der Waals surface area contributed by atoms with Crippen LogP contribution in [0.25, 0.3) is 0 Å². The summed E-state index contributed by atoms with van der Waals surface area (Å²) in [5, 5.41) is 2.92. The number of anilines is 1. The quantitative estimate of drug-likeness (QED) is 0.899. The van der Waals surface area contributed by atoms with Crippen LogP contribution in [0.15, 0.2) is 24.3 Å². The monoisotopic (exact) mass is 276 g/mol. The molecule has 4 nitrogen and oxygen atoms in total. The van der Waals surface area contributed by atoms with Gasteiger partial charge in [-0.15, -0.1) is 0 Å². The number of nitrogens with zero attached hydrogens (tertiary/aromatic N) is 1. The molecule has 1 N–H and O–H groups in total. The SMILES string of the molecule is COc1ccc(NC(=O)CCN2CCC[C@@H](C)C2)cc1. The molecule has 1 fully saturated rings. The number of nitrogens with one attached hydrogen (secondary N) is 1. The number of hydrogen-bond donors (Lipinski definition) is 1. The largest absolute Gasteiger partial charge is 0.497 e. The molecule has 0 aliphatic carbocycles. The number of likely N-dealkylation sites (tertiary alicyclic amines) is 1. The first-order valence-corrected chi connectivity index (χ1v) is 7.33. The topological polar surface area (TPSA) is 41.6 Å². The Labute approximate surface area is 121 Å². The van der Waals surface area contributed by atoms with E-state index in [-0.39, 0.29) is 5.91 Å². The van der Waals surface area contributed by atoms with E-state index in [1.165, 1.54) is 12.8 Å². The lowest BCUT2D eigenvalue weighted by Crippen LogP contribution is -2.36. The minimum Gasteiger partial charge on any atom is -0.497 e. The van der Waals surface area contributed by atoms with Crippen LogP contribution in [-0.2, 0) is 4.79 Å². The van der Waals surface area contributed by atoms with Crippen LogP contribution in [0.5, 0.6) is 5.75 Å². The summed E-state index contributed by atoms with van der Waals surface area (Å²) >= 11 is 0.